The van der Waals surface area contributed by atoms with Crippen molar-refractivity contribution in [3.63, 3.8) is 0 Å². The van der Waals surface area contributed by atoms with E-state index in [1.807, 2.05) is 42.7 Å². The number of imidazole rings is 1. The van der Waals surface area contributed by atoms with E-state index in [-0.39, 0.29) is 0 Å². The second kappa shape index (κ2) is 8.48. The van der Waals surface area contributed by atoms with Crippen molar-refractivity contribution < 1.29 is 4.74 Å². The van der Waals surface area contributed by atoms with Crippen molar-refractivity contribution in [1.29, 1.82) is 0 Å². The van der Waals surface area contributed by atoms with Crippen LogP contribution in [0.2, 0.25) is 0 Å². The lowest BCUT2D eigenvalue weighted by atomic mass is 10.1. The molecule has 4 heterocycles. The van der Waals surface area contributed by atoms with Crippen molar-refractivity contribution in [3.05, 3.63) is 66.1 Å². The molecule has 2 aliphatic rings. The standard InChI is InChI=1S/C26H28N6O/c1-33-21-8-6-20(7-9-21)25-29-23-24(22(19-4-5-19)16-28-26(23)30-25)32-13-11-31(12-14-32)17-18-3-2-10-27-15-18/h2-3,6-10,15-16,19H,4-5,11-14,17H2,1H3,(H,28,29,30). The minimum Gasteiger partial charge on any atom is -0.497 e. The number of pyridine rings is 2. The van der Waals surface area contributed by atoms with Gasteiger partial charge in [0.2, 0.25) is 0 Å². The van der Waals surface area contributed by atoms with Crippen LogP contribution in [0.25, 0.3) is 22.6 Å². The molecule has 0 atom stereocenters. The summed E-state index contributed by atoms with van der Waals surface area (Å²) in [5, 5.41) is 0. The zero-order chi connectivity index (χ0) is 22.2. The van der Waals surface area contributed by atoms with E-state index in [1.54, 1.807) is 7.11 Å². The van der Waals surface area contributed by atoms with Gasteiger partial charge in [-0.25, -0.2) is 9.97 Å². The van der Waals surface area contributed by atoms with Crippen molar-refractivity contribution in [1.82, 2.24) is 24.8 Å². The van der Waals surface area contributed by atoms with Crippen molar-refractivity contribution in [2.45, 2.75) is 25.3 Å². The van der Waals surface area contributed by atoms with Gasteiger partial charge >= 0.3 is 0 Å². The molecule has 0 bridgehead atoms. The molecule has 168 valence electrons. The number of rotatable bonds is 6. The molecular weight excluding hydrogens is 412 g/mol. The van der Waals surface area contributed by atoms with E-state index in [0.29, 0.717) is 5.92 Å². The molecule has 0 radical (unpaired) electrons. The van der Waals surface area contributed by atoms with Gasteiger partial charge in [-0.1, -0.05) is 6.07 Å². The Kier molecular flexibility index (Phi) is 5.19. The predicted octanol–water partition coefficient (Wildman–Crippen LogP) is 4.23. The van der Waals surface area contributed by atoms with Crippen LogP contribution in [-0.4, -0.2) is 58.1 Å². The first-order valence-corrected chi connectivity index (χ1v) is 11.7. The summed E-state index contributed by atoms with van der Waals surface area (Å²) in [7, 11) is 1.68. The molecule has 0 unspecified atom stereocenters. The second-order valence-electron chi connectivity index (χ2n) is 8.97. The first kappa shape index (κ1) is 20.2. The first-order valence-electron chi connectivity index (χ1n) is 11.7. The number of benzene rings is 1. The number of H-pyrrole nitrogens is 1. The smallest absolute Gasteiger partial charge is 0.159 e. The number of aromatic amines is 1. The van der Waals surface area contributed by atoms with E-state index in [9.17, 15) is 0 Å². The molecule has 3 aromatic heterocycles. The van der Waals surface area contributed by atoms with Crippen LogP contribution in [0.5, 0.6) is 5.75 Å². The molecule has 1 saturated carbocycles. The summed E-state index contributed by atoms with van der Waals surface area (Å²) in [5.74, 6) is 2.31. The van der Waals surface area contributed by atoms with Gasteiger partial charge in [0, 0.05) is 56.9 Å². The summed E-state index contributed by atoms with van der Waals surface area (Å²) in [4.78, 5) is 22.6. The van der Waals surface area contributed by atoms with Gasteiger partial charge in [0.1, 0.15) is 17.1 Å². The highest BCUT2D eigenvalue weighted by molar-refractivity contribution is 5.90. The van der Waals surface area contributed by atoms with Crippen LogP contribution >= 0.6 is 0 Å². The largest absolute Gasteiger partial charge is 0.497 e. The van der Waals surface area contributed by atoms with Gasteiger partial charge in [0.05, 0.1) is 12.8 Å². The molecule has 2 fully saturated rings. The molecule has 33 heavy (non-hydrogen) atoms. The highest BCUT2D eigenvalue weighted by Gasteiger charge is 2.31. The maximum Gasteiger partial charge on any atom is 0.159 e. The number of fused-ring (bicyclic) bond motifs is 1. The average molecular weight is 441 g/mol. The summed E-state index contributed by atoms with van der Waals surface area (Å²) >= 11 is 0. The third-order valence-electron chi connectivity index (χ3n) is 6.71. The second-order valence-corrected chi connectivity index (χ2v) is 8.97. The van der Waals surface area contributed by atoms with Crippen LogP contribution in [0, 0.1) is 0 Å². The topological polar surface area (TPSA) is 70.2 Å². The quantitative estimate of drug-likeness (QED) is 0.484. The van der Waals surface area contributed by atoms with Crippen LogP contribution in [-0.2, 0) is 6.54 Å². The number of ether oxygens (including phenoxy) is 1. The van der Waals surface area contributed by atoms with Gasteiger partial charge in [0.15, 0.2) is 5.65 Å². The van der Waals surface area contributed by atoms with E-state index in [1.165, 1.54) is 29.7 Å². The molecule has 0 spiro atoms. The molecule has 6 rings (SSSR count). The van der Waals surface area contributed by atoms with Gasteiger partial charge < -0.3 is 14.6 Å². The van der Waals surface area contributed by atoms with E-state index < -0.39 is 0 Å². The predicted molar refractivity (Wildman–Crippen MR) is 130 cm³/mol. The van der Waals surface area contributed by atoms with Crippen LogP contribution in [0.4, 0.5) is 5.69 Å². The Labute approximate surface area is 193 Å². The summed E-state index contributed by atoms with van der Waals surface area (Å²) < 4.78 is 5.30. The van der Waals surface area contributed by atoms with Crippen molar-refractivity contribution in [2.24, 2.45) is 0 Å². The molecule has 1 N–H and O–H groups in total. The normalized spacial score (nSPS) is 16.9. The van der Waals surface area contributed by atoms with Gasteiger partial charge in [-0.2, -0.15) is 0 Å². The number of piperazine rings is 1. The maximum atomic E-state index is 5.30. The number of hydrogen-bond acceptors (Lipinski definition) is 6. The van der Waals surface area contributed by atoms with Gasteiger partial charge in [0.25, 0.3) is 0 Å². The molecule has 4 aromatic rings. The van der Waals surface area contributed by atoms with Crippen molar-refractivity contribution >= 4 is 16.9 Å². The lowest BCUT2D eigenvalue weighted by Crippen LogP contribution is -2.46. The molecular formula is C26H28N6O. The molecule has 1 aromatic carbocycles. The third kappa shape index (κ3) is 4.04. The van der Waals surface area contributed by atoms with Crippen molar-refractivity contribution in [2.75, 3.05) is 38.2 Å². The maximum absolute atomic E-state index is 5.30. The Morgan fingerprint density at radius 2 is 1.85 bits per heavy atom. The number of nitrogens with zero attached hydrogens (tertiary/aromatic N) is 5. The molecule has 1 saturated heterocycles. The minimum absolute atomic E-state index is 0.617. The Bertz CT molecular complexity index is 1240. The Balaban J connectivity index is 1.29. The highest BCUT2D eigenvalue weighted by atomic mass is 16.5. The highest BCUT2D eigenvalue weighted by Crippen LogP contribution is 2.46. The fourth-order valence-electron chi connectivity index (χ4n) is 4.75. The van der Waals surface area contributed by atoms with E-state index in [0.717, 1.165) is 61.0 Å². The zero-order valence-corrected chi connectivity index (χ0v) is 18.9. The van der Waals surface area contributed by atoms with E-state index >= 15 is 0 Å². The van der Waals surface area contributed by atoms with Crippen LogP contribution in [0.1, 0.15) is 29.9 Å². The minimum atomic E-state index is 0.617. The summed E-state index contributed by atoms with van der Waals surface area (Å²) in [6.45, 7) is 4.98. The van der Waals surface area contributed by atoms with Gasteiger partial charge in [-0.3, -0.25) is 9.88 Å². The monoisotopic (exact) mass is 440 g/mol. The Hall–Kier alpha value is -3.45. The number of anilines is 1. The first-order chi connectivity index (χ1) is 16.3. The van der Waals surface area contributed by atoms with Gasteiger partial charge in [-0.05, 0) is 60.2 Å². The molecule has 7 nitrogen and oxygen atoms in total. The van der Waals surface area contributed by atoms with Crippen LogP contribution < -0.4 is 9.64 Å². The summed E-state index contributed by atoms with van der Waals surface area (Å²) in [5.41, 5.74) is 6.79. The molecule has 1 aliphatic carbocycles. The Morgan fingerprint density at radius 3 is 2.55 bits per heavy atom. The van der Waals surface area contributed by atoms with Crippen LogP contribution in [0.15, 0.2) is 55.0 Å². The average Bonchev–Trinajstić information content (AvgIpc) is 3.62. The molecule has 7 heteroatoms. The Morgan fingerprint density at radius 1 is 1.03 bits per heavy atom. The number of methoxy groups -OCH3 is 1. The van der Waals surface area contributed by atoms with Crippen LogP contribution in [0.3, 0.4) is 0 Å². The third-order valence-corrected chi connectivity index (χ3v) is 6.71. The molecule has 1 aliphatic heterocycles. The van der Waals surface area contributed by atoms with Gasteiger partial charge in [-0.15, -0.1) is 0 Å². The van der Waals surface area contributed by atoms with E-state index in [4.69, 9.17) is 14.7 Å². The SMILES string of the molecule is COc1ccc(-c2nc3c(N4CCN(Cc5cccnc5)CC4)c(C4CC4)cnc3[nH]2)cc1. The number of nitrogens with one attached hydrogen (secondary N) is 1. The zero-order valence-electron chi connectivity index (χ0n) is 18.9. The fourth-order valence-corrected chi connectivity index (χ4v) is 4.75. The lowest BCUT2D eigenvalue weighted by Gasteiger charge is -2.37. The lowest BCUT2D eigenvalue weighted by molar-refractivity contribution is 0.249. The fraction of sp³-hybridized carbons (Fsp3) is 0.346. The summed E-state index contributed by atoms with van der Waals surface area (Å²) in [6, 6.07) is 12.2. The van der Waals surface area contributed by atoms with E-state index in [2.05, 4.69) is 32.0 Å². The number of aromatic nitrogens is 4. The van der Waals surface area contributed by atoms with Crippen molar-refractivity contribution in [3.8, 4) is 17.1 Å². The summed E-state index contributed by atoms with van der Waals surface area (Å²) in [6.07, 6.45) is 8.37. The number of hydrogen-bond donors (Lipinski definition) is 1. The molecule has 0 amide bonds.